The first kappa shape index (κ1) is 19.7. The quantitative estimate of drug-likeness (QED) is 0.791. The van der Waals surface area contributed by atoms with Crippen molar-refractivity contribution in [2.24, 2.45) is 0 Å². The van der Waals surface area contributed by atoms with E-state index in [4.69, 9.17) is 9.47 Å². The van der Waals surface area contributed by atoms with Gasteiger partial charge in [-0.1, -0.05) is 36.9 Å². The van der Waals surface area contributed by atoms with E-state index in [0.717, 1.165) is 10.5 Å². The maximum absolute atomic E-state index is 12.4. The summed E-state index contributed by atoms with van der Waals surface area (Å²) in [5.41, 5.74) is 0.0264. The predicted octanol–water partition coefficient (Wildman–Crippen LogP) is 4.87. The Morgan fingerprint density at radius 1 is 0.917 bits per heavy atom. The zero-order chi connectivity index (χ0) is 18.5. The number of carbonyl (C=O) groups excluding carboxylic acids is 2. The van der Waals surface area contributed by atoms with Crippen molar-refractivity contribution in [3.05, 3.63) is 42.5 Å². The monoisotopic (exact) mass is 333 g/mol. The highest BCUT2D eigenvalue weighted by Crippen LogP contribution is 2.19. The third-order valence-electron chi connectivity index (χ3n) is 2.76. The SMILES string of the molecule is C=C(CN(C(=O)OC(C)(C)C)C(=O)OC(C)(C)C)c1ccccc1. The van der Waals surface area contributed by atoms with Gasteiger partial charge < -0.3 is 9.47 Å². The standard InChI is InChI=1S/C19H27NO4/c1-14(15-11-9-8-10-12-15)13-20(16(21)23-18(2,3)4)17(22)24-19(5,6)7/h8-12H,1,13H2,2-7H3. The normalized spacial score (nSPS) is 11.6. The molecule has 0 aliphatic rings. The molecule has 0 aromatic heterocycles. The molecule has 0 radical (unpaired) electrons. The second-order valence-electron chi connectivity index (χ2n) is 7.52. The zero-order valence-corrected chi connectivity index (χ0v) is 15.4. The van der Waals surface area contributed by atoms with Gasteiger partial charge in [0.1, 0.15) is 11.2 Å². The molecular weight excluding hydrogens is 306 g/mol. The highest BCUT2D eigenvalue weighted by Gasteiger charge is 2.31. The Kier molecular flexibility index (Phi) is 6.18. The van der Waals surface area contributed by atoms with Gasteiger partial charge in [-0.15, -0.1) is 0 Å². The molecule has 0 N–H and O–H groups in total. The van der Waals surface area contributed by atoms with Crippen LogP contribution in [0.5, 0.6) is 0 Å². The number of amides is 2. The van der Waals surface area contributed by atoms with Gasteiger partial charge in [-0.3, -0.25) is 0 Å². The minimum atomic E-state index is -0.756. The number of hydrogen-bond acceptors (Lipinski definition) is 4. The van der Waals surface area contributed by atoms with Crippen molar-refractivity contribution in [3.63, 3.8) is 0 Å². The van der Waals surface area contributed by atoms with Crippen LogP contribution in [-0.4, -0.2) is 34.8 Å². The maximum atomic E-state index is 12.4. The lowest BCUT2D eigenvalue weighted by molar-refractivity contribution is 0.00413. The Morgan fingerprint density at radius 2 is 1.33 bits per heavy atom. The Bertz CT molecular complexity index is 566. The van der Waals surface area contributed by atoms with Gasteiger partial charge in [0.2, 0.25) is 0 Å². The summed E-state index contributed by atoms with van der Waals surface area (Å²) in [6, 6.07) is 9.35. The second kappa shape index (κ2) is 7.51. The largest absolute Gasteiger partial charge is 0.443 e. The molecule has 0 spiro atoms. The van der Waals surface area contributed by atoms with Crippen molar-refractivity contribution >= 4 is 17.8 Å². The van der Waals surface area contributed by atoms with Gasteiger partial charge in [0.25, 0.3) is 0 Å². The van der Waals surface area contributed by atoms with Gasteiger partial charge in [0.05, 0.1) is 6.54 Å². The van der Waals surface area contributed by atoms with E-state index >= 15 is 0 Å². The first-order valence-electron chi connectivity index (χ1n) is 7.86. The maximum Gasteiger partial charge on any atom is 0.420 e. The van der Waals surface area contributed by atoms with Crippen molar-refractivity contribution in [2.75, 3.05) is 6.54 Å². The highest BCUT2D eigenvalue weighted by molar-refractivity contribution is 5.90. The third kappa shape index (κ3) is 6.86. The van der Waals surface area contributed by atoms with Crippen LogP contribution in [-0.2, 0) is 9.47 Å². The Balaban J connectivity index is 2.98. The van der Waals surface area contributed by atoms with Crippen LogP contribution in [0.4, 0.5) is 9.59 Å². The van der Waals surface area contributed by atoms with Crippen LogP contribution < -0.4 is 0 Å². The van der Waals surface area contributed by atoms with E-state index in [1.54, 1.807) is 41.5 Å². The third-order valence-corrected chi connectivity index (χ3v) is 2.76. The van der Waals surface area contributed by atoms with Crippen molar-refractivity contribution in [1.29, 1.82) is 0 Å². The molecule has 24 heavy (non-hydrogen) atoms. The average Bonchev–Trinajstić information content (AvgIpc) is 2.41. The van der Waals surface area contributed by atoms with Gasteiger partial charge in [-0.2, -0.15) is 0 Å². The van der Waals surface area contributed by atoms with Gasteiger partial charge in [0, 0.05) is 0 Å². The highest BCUT2D eigenvalue weighted by atomic mass is 16.6. The van der Waals surface area contributed by atoms with Crippen molar-refractivity contribution in [2.45, 2.75) is 52.7 Å². The summed E-state index contributed by atoms with van der Waals surface area (Å²) >= 11 is 0. The summed E-state index contributed by atoms with van der Waals surface area (Å²) in [5, 5.41) is 0. The first-order valence-corrected chi connectivity index (χ1v) is 7.86. The van der Waals surface area contributed by atoms with E-state index in [0.29, 0.717) is 5.57 Å². The van der Waals surface area contributed by atoms with E-state index in [1.165, 1.54) is 0 Å². The molecule has 132 valence electrons. The average molecular weight is 333 g/mol. The number of nitrogens with zero attached hydrogens (tertiary/aromatic N) is 1. The van der Waals surface area contributed by atoms with Crippen molar-refractivity contribution in [3.8, 4) is 0 Å². The smallest absolute Gasteiger partial charge is 0.420 e. The van der Waals surface area contributed by atoms with Gasteiger partial charge in [-0.25, -0.2) is 14.5 Å². The fourth-order valence-electron chi connectivity index (χ4n) is 1.79. The molecule has 0 aliphatic carbocycles. The molecule has 5 heteroatoms. The molecule has 0 bridgehead atoms. The van der Waals surface area contributed by atoms with E-state index < -0.39 is 23.4 Å². The minimum absolute atomic E-state index is 0.00611. The van der Waals surface area contributed by atoms with Crippen LogP contribution in [0, 0.1) is 0 Å². The molecule has 0 aliphatic heterocycles. The van der Waals surface area contributed by atoms with E-state index in [2.05, 4.69) is 6.58 Å². The Labute approximate surface area is 144 Å². The van der Waals surface area contributed by atoms with Gasteiger partial charge in [0.15, 0.2) is 0 Å². The molecule has 0 unspecified atom stereocenters. The zero-order valence-electron chi connectivity index (χ0n) is 15.4. The predicted molar refractivity (Wildman–Crippen MR) is 94.7 cm³/mol. The lowest BCUT2D eigenvalue weighted by Crippen LogP contribution is -2.44. The van der Waals surface area contributed by atoms with Crippen LogP contribution >= 0.6 is 0 Å². The van der Waals surface area contributed by atoms with Crippen LogP contribution in [0.1, 0.15) is 47.1 Å². The number of rotatable bonds is 3. The molecule has 0 saturated carbocycles. The summed E-state index contributed by atoms with van der Waals surface area (Å²) < 4.78 is 10.6. The summed E-state index contributed by atoms with van der Waals surface area (Å²) in [7, 11) is 0. The number of imide groups is 1. The number of ether oxygens (including phenoxy) is 2. The summed E-state index contributed by atoms with van der Waals surface area (Å²) in [4.78, 5) is 25.8. The fraction of sp³-hybridized carbons (Fsp3) is 0.474. The van der Waals surface area contributed by atoms with Gasteiger partial charge >= 0.3 is 12.2 Å². The van der Waals surface area contributed by atoms with Crippen LogP contribution in [0.15, 0.2) is 36.9 Å². The molecule has 1 aromatic carbocycles. The number of hydrogen-bond donors (Lipinski definition) is 0. The molecule has 1 rings (SSSR count). The summed E-state index contributed by atoms with van der Waals surface area (Å²) in [6.07, 6.45) is -1.51. The number of carbonyl (C=O) groups is 2. The molecule has 1 aromatic rings. The van der Waals surface area contributed by atoms with Crippen LogP contribution in [0.2, 0.25) is 0 Å². The van der Waals surface area contributed by atoms with Crippen molar-refractivity contribution in [1.82, 2.24) is 4.90 Å². The molecular formula is C19H27NO4. The molecule has 0 saturated heterocycles. The molecule has 5 nitrogen and oxygen atoms in total. The first-order chi connectivity index (χ1) is 10.9. The van der Waals surface area contributed by atoms with Crippen molar-refractivity contribution < 1.29 is 19.1 Å². The Morgan fingerprint density at radius 3 is 1.71 bits per heavy atom. The van der Waals surface area contributed by atoms with Crippen LogP contribution in [0.3, 0.4) is 0 Å². The summed E-state index contributed by atoms with van der Waals surface area (Å²) in [6.45, 7) is 14.4. The molecule has 2 amide bonds. The molecule has 0 fully saturated rings. The molecule has 0 atom stereocenters. The van der Waals surface area contributed by atoms with Gasteiger partial charge in [-0.05, 0) is 52.7 Å². The topological polar surface area (TPSA) is 55.8 Å². The second-order valence-corrected chi connectivity index (χ2v) is 7.52. The lowest BCUT2D eigenvalue weighted by Gasteiger charge is -2.29. The minimum Gasteiger partial charge on any atom is -0.443 e. The van der Waals surface area contributed by atoms with Crippen LogP contribution in [0.25, 0.3) is 5.57 Å². The van der Waals surface area contributed by atoms with E-state index in [9.17, 15) is 9.59 Å². The lowest BCUT2D eigenvalue weighted by atomic mass is 10.1. The van der Waals surface area contributed by atoms with E-state index in [-0.39, 0.29) is 6.54 Å². The van der Waals surface area contributed by atoms with E-state index in [1.807, 2.05) is 30.3 Å². The Hall–Kier alpha value is -2.30. The fourth-order valence-corrected chi connectivity index (χ4v) is 1.79. The molecule has 0 heterocycles. The number of benzene rings is 1. The summed E-state index contributed by atoms with van der Waals surface area (Å²) in [5.74, 6) is 0.